The largest absolute Gasteiger partial charge is 3.00 e. The summed E-state index contributed by atoms with van der Waals surface area (Å²) in [6.45, 7) is 0. The van der Waals surface area contributed by atoms with Gasteiger partial charge in [0, 0.05) is 29.8 Å². The summed E-state index contributed by atoms with van der Waals surface area (Å²) in [4.78, 5) is 14.9. The SMILES string of the molecule is [Ir+3].[c-]1ccccc1-c1ccc(CCc2cc(CCc3ccc(-c4[c-]cccc4)nc3)cc(-c3ccccc3-c3cnc(-c4[c-]c5c(cc4)oc4ccccc45)cc3-c3ccc(-c4ccccc4)cc3)c2)cn1. The van der Waals surface area contributed by atoms with E-state index < -0.39 is 0 Å². The van der Waals surface area contributed by atoms with E-state index in [2.05, 4.69) is 176 Å². The Morgan fingerprint density at radius 1 is 0.347 bits per heavy atom. The van der Waals surface area contributed by atoms with E-state index >= 15 is 0 Å². The second-order valence-electron chi connectivity index (χ2n) is 18.0. The first-order chi connectivity index (χ1) is 35.1. The van der Waals surface area contributed by atoms with Gasteiger partial charge in [0.2, 0.25) is 0 Å². The van der Waals surface area contributed by atoms with Crippen molar-refractivity contribution in [3.8, 4) is 78.3 Å². The molecule has 0 saturated heterocycles. The van der Waals surface area contributed by atoms with Gasteiger partial charge in [0.05, 0.1) is 11.2 Å². The molecule has 0 amide bonds. The molecule has 5 heteroatoms. The number of para-hydroxylation sites is 1. The molecule has 72 heavy (non-hydrogen) atoms. The minimum atomic E-state index is 0. The van der Waals surface area contributed by atoms with Crippen LogP contribution in [0, 0.1) is 18.2 Å². The number of hydrogen-bond acceptors (Lipinski definition) is 4. The normalized spacial score (nSPS) is 11.2. The third-order valence-corrected chi connectivity index (χ3v) is 13.4. The predicted molar refractivity (Wildman–Crippen MR) is 289 cm³/mol. The quantitative estimate of drug-likeness (QED) is 0.108. The first-order valence-electron chi connectivity index (χ1n) is 24.2. The molecule has 12 aromatic rings. The second-order valence-corrected chi connectivity index (χ2v) is 18.0. The Balaban J connectivity index is 0.00000560. The van der Waals surface area contributed by atoms with E-state index in [1.165, 1.54) is 38.9 Å². The summed E-state index contributed by atoms with van der Waals surface area (Å²) in [5.41, 5.74) is 21.3. The minimum Gasteiger partial charge on any atom is -0.500 e. The number of aromatic nitrogens is 3. The topological polar surface area (TPSA) is 51.8 Å². The van der Waals surface area contributed by atoms with Crippen molar-refractivity contribution in [1.82, 2.24) is 15.0 Å². The molecule has 0 N–H and O–H groups in total. The number of benzene rings is 8. The van der Waals surface area contributed by atoms with E-state index in [-0.39, 0.29) is 20.1 Å². The van der Waals surface area contributed by atoms with Gasteiger partial charge < -0.3 is 14.4 Å². The van der Waals surface area contributed by atoms with Gasteiger partial charge in [0.25, 0.3) is 0 Å². The predicted octanol–water partition coefficient (Wildman–Crippen LogP) is 16.4. The van der Waals surface area contributed by atoms with Gasteiger partial charge in [-0.25, -0.2) is 0 Å². The van der Waals surface area contributed by atoms with Crippen molar-refractivity contribution in [3.63, 3.8) is 0 Å². The van der Waals surface area contributed by atoms with Crippen LogP contribution in [0.15, 0.2) is 235 Å². The molecular formula is C67H46IrN3O. The van der Waals surface area contributed by atoms with E-state index in [1.54, 1.807) is 0 Å². The van der Waals surface area contributed by atoms with E-state index in [4.69, 9.17) is 19.4 Å². The van der Waals surface area contributed by atoms with E-state index in [0.29, 0.717) is 0 Å². The molecule has 0 aliphatic rings. The average Bonchev–Trinajstić information content (AvgIpc) is 3.83. The standard InChI is InChI=1S/C67H46N3O.Ir/c1-4-14-50(15-5-1)51-30-32-52(33-31-51)60-42-65(55-34-37-67-61(41-55)59-22-12-13-23-66(59)71-67)70-45-62(60)58-21-11-10-20-57(58)56-39-48(26-24-46-28-35-63(68-43-46)53-16-6-2-7-17-53)38-49(40-56)27-25-47-29-36-64(69-44-47)54-18-8-3-9-19-54;/h1-16,18,20-23,28-40,42-45H,24-27H2;/q-3;+3. The van der Waals surface area contributed by atoms with Gasteiger partial charge in [-0.15, -0.1) is 83.9 Å². The van der Waals surface area contributed by atoms with Crippen molar-refractivity contribution < 1.29 is 24.5 Å². The van der Waals surface area contributed by atoms with Crippen LogP contribution in [0.3, 0.4) is 0 Å². The number of furan rings is 1. The average molecular weight is 1100 g/mol. The van der Waals surface area contributed by atoms with Crippen LogP contribution in [-0.4, -0.2) is 15.0 Å². The van der Waals surface area contributed by atoms with Crippen molar-refractivity contribution >= 4 is 21.9 Å². The van der Waals surface area contributed by atoms with E-state index in [1.807, 2.05) is 73.1 Å². The van der Waals surface area contributed by atoms with Crippen molar-refractivity contribution in [2.24, 2.45) is 0 Å². The summed E-state index contributed by atoms with van der Waals surface area (Å²) in [5.74, 6) is 0. The molecule has 344 valence electrons. The Bertz CT molecular complexity index is 3670. The summed E-state index contributed by atoms with van der Waals surface area (Å²) in [6, 6.07) is 84.8. The number of pyridine rings is 3. The van der Waals surface area contributed by atoms with Gasteiger partial charge in [-0.3, -0.25) is 4.98 Å². The zero-order valence-electron chi connectivity index (χ0n) is 39.4. The Kier molecular flexibility index (Phi) is 13.4. The molecule has 0 aliphatic heterocycles. The molecule has 0 unspecified atom stereocenters. The first kappa shape index (κ1) is 46.1. The van der Waals surface area contributed by atoms with Crippen molar-refractivity contribution in [3.05, 3.63) is 271 Å². The van der Waals surface area contributed by atoms with Crippen LogP contribution >= 0.6 is 0 Å². The minimum absolute atomic E-state index is 0. The maximum absolute atomic E-state index is 6.19. The van der Waals surface area contributed by atoms with Crippen LogP contribution in [0.1, 0.15) is 22.3 Å². The van der Waals surface area contributed by atoms with Gasteiger partial charge in [-0.1, -0.05) is 163 Å². The van der Waals surface area contributed by atoms with Crippen LogP contribution in [-0.2, 0) is 45.8 Å². The number of fused-ring (bicyclic) bond motifs is 3. The second kappa shape index (κ2) is 20.9. The molecule has 0 spiro atoms. The van der Waals surface area contributed by atoms with Gasteiger partial charge >= 0.3 is 20.1 Å². The van der Waals surface area contributed by atoms with Gasteiger partial charge in [-0.05, 0) is 110 Å². The summed E-state index contributed by atoms with van der Waals surface area (Å²) >= 11 is 0. The summed E-state index contributed by atoms with van der Waals surface area (Å²) in [7, 11) is 0. The third-order valence-electron chi connectivity index (χ3n) is 13.4. The van der Waals surface area contributed by atoms with Crippen molar-refractivity contribution in [2.75, 3.05) is 0 Å². The molecule has 0 aliphatic carbocycles. The van der Waals surface area contributed by atoms with Gasteiger partial charge in [0.15, 0.2) is 0 Å². The molecule has 4 nitrogen and oxygen atoms in total. The van der Waals surface area contributed by atoms with Crippen LogP contribution in [0.2, 0.25) is 0 Å². The third kappa shape index (κ3) is 9.86. The van der Waals surface area contributed by atoms with Crippen LogP contribution in [0.5, 0.6) is 0 Å². The van der Waals surface area contributed by atoms with Crippen molar-refractivity contribution in [2.45, 2.75) is 25.7 Å². The molecule has 0 radical (unpaired) electrons. The molecule has 4 heterocycles. The summed E-state index contributed by atoms with van der Waals surface area (Å²) < 4.78 is 6.19. The number of rotatable bonds is 13. The molecule has 0 saturated carbocycles. The van der Waals surface area contributed by atoms with E-state index in [0.717, 1.165) is 109 Å². The number of nitrogens with zero attached hydrogens (tertiary/aromatic N) is 3. The monoisotopic (exact) mass is 1100 g/mol. The molecule has 12 rings (SSSR count). The number of hydrogen-bond donors (Lipinski definition) is 0. The number of aryl methyl sites for hydroxylation is 4. The summed E-state index contributed by atoms with van der Waals surface area (Å²) in [5, 5.41) is 2.00. The maximum atomic E-state index is 6.19. The molecule has 8 aromatic carbocycles. The molecule has 0 bridgehead atoms. The van der Waals surface area contributed by atoms with Gasteiger partial charge in [-0.2, -0.15) is 0 Å². The van der Waals surface area contributed by atoms with Gasteiger partial charge in [0.1, 0.15) is 0 Å². The Morgan fingerprint density at radius 2 is 0.917 bits per heavy atom. The first-order valence-corrected chi connectivity index (χ1v) is 24.2. The van der Waals surface area contributed by atoms with Crippen LogP contribution < -0.4 is 0 Å². The Hall–Kier alpha value is -8.34. The smallest absolute Gasteiger partial charge is 0.500 e. The van der Waals surface area contributed by atoms with Crippen molar-refractivity contribution in [1.29, 1.82) is 0 Å². The maximum Gasteiger partial charge on any atom is 3.00 e. The fraction of sp³-hybridized carbons (Fsp3) is 0.0597. The molecule has 4 aromatic heterocycles. The molecule has 0 atom stereocenters. The fourth-order valence-corrected chi connectivity index (χ4v) is 9.65. The fourth-order valence-electron chi connectivity index (χ4n) is 9.65. The molecular weight excluding hydrogens is 1050 g/mol. The van der Waals surface area contributed by atoms with Crippen LogP contribution in [0.25, 0.3) is 100 Å². The Labute approximate surface area is 434 Å². The summed E-state index contributed by atoms with van der Waals surface area (Å²) in [6.07, 6.45) is 9.55. The molecule has 0 fully saturated rings. The zero-order valence-corrected chi connectivity index (χ0v) is 41.7. The van der Waals surface area contributed by atoms with E-state index in [9.17, 15) is 0 Å². The zero-order chi connectivity index (χ0) is 47.3. The Morgan fingerprint density at radius 3 is 1.56 bits per heavy atom. The van der Waals surface area contributed by atoms with Crippen LogP contribution in [0.4, 0.5) is 0 Å².